The molecule has 4 rings (SSSR count). The lowest BCUT2D eigenvalue weighted by Crippen LogP contribution is -2.47. The number of ether oxygens (including phenoxy) is 2. The first-order chi connectivity index (χ1) is 13.5. The Bertz CT molecular complexity index is 837. The first-order valence-corrected chi connectivity index (χ1v) is 9.75. The number of hydrogen-bond acceptors (Lipinski definition) is 6. The van der Waals surface area contributed by atoms with E-state index in [9.17, 15) is 4.79 Å². The van der Waals surface area contributed by atoms with Crippen LogP contribution in [0.5, 0.6) is 0 Å². The zero-order valence-corrected chi connectivity index (χ0v) is 16.4. The maximum absolute atomic E-state index is 12.9. The van der Waals surface area contributed by atoms with Crippen molar-refractivity contribution in [3.05, 3.63) is 53.0 Å². The Labute approximate surface area is 165 Å². The zero-order valence-electron chi connectivity index (χ0n) is 16.4. The number of anilines is 1. The fourth-order valence-electron chi connectivity index (χ4n) is 3.66. The highest BCUT2D eigenvalue weighted by Gasteiger charge is 2.41. The van der Waals surface area contributed by atoms with Crippen LogP contribution in [-0.2, 0) is 16.0 Å². The van der Waals surface area contributed by atoms with Gasteiger partial charge in [0.1, 0.15) is 17.3 Å². The molecule has 0 saturated carbocycles. The Morgan fingerprint density at radius 1 is 1.11 bits per heavy atom. The number of nitrogens with zero attached hydrogens (tertiary/aromatic N) is 3. The summed E-state index contributed by atoms with van der Waals surface area (Å²) in [6.07, 6.45) is 1.39. The highest BCUT2D eigenvalue weighted by molar-refractivity contribution is 5.93. The summed E-state index contributed by atoms with van der Waals surface area (Å²) in [5.74, 6) is 0.677. The molecule has 0 atom stereocenters. The van der Waals surface area contributed by atoms with Gasteiger partial charge < -0.3 is 19.7 Å². The quantitative estimate of drug-likeness (QED) is 0.876. The van der Waals surface area contributed by atoms with E-state index in [1.54, 1.807) is 13.0 Å². The standard InChI is InChI=1S/C21H26N4O3/c1-15-3-5-17(6-4-15)14-22-19-13-18(23-16(2)24-19)20(26)25-9-7-21(8-10-25)27-11-12-28-21/h3-6,13H,7-12,14H2,1-2H3,(H,22,23,24). The van der Waals surface area contributed by atoms with Crippen LogP contribution in [-0.4, -0.2) is 52.9 Å². The van der Waals surface area contributed by atoms with Crippen molar-refractivity contribution >= 4 is 11.7 Å². The molecule has 1 aromatic heterocycles. The minimum absolute atomic E-state index is 0.0725. The third kappa shape index (κ3) is 4.15. The molecule has 2 aromatic rings. The van der Waals surface area contributed by atoms with Crippen LogP contribution in [0.1, 0.15) is 40.3 Å². The van der Waals surface area contributed by atoms with Crippen LogP contribution in [0.15, 0.2) is 30.3 Å². The normalized spacial score (nSPS) is 18.4. The van der Waals surface area contributed by atoms with Gasteiger partial charge in [0.15, 0.2) is 5.79 Å². The molecule has 7 heteroatoms. The summed E-state index contributed by atoms with van der Waals surface area (Å²) in [6, 6.07) is 10.1. The van der Waals surface area contributed by atoms with Gasteiger partial charge in [-0.05, 0) is 19.4 Å². The van der Waals surface area contributed by atoms with Gasteiger partial charge in [0, 0.05) is 38.5 Å². The Kier molecular flexibility index (Phi) is 5.28. The van der Waals surface area contributed by atoms with E-state index in [1.807, 2.05) is 4.90 Å². The molecule has 1 aromatic carbocycles. The largest absolute Gasteiger partial charge is 0.366 e. The van der Waals surface area contributed by atoms with Gasteiger partial charge in [0.05, 0.1) is 13.2 Å². The first-order valence-electron chi connectivity index (χ1n) is 9.75. The summed E-state index contributed by atoms with van der Waals surface area (Å²) in [4.78, 5) is 23.5. The van der Waals surface area contributed by atoms with Gasteiger partial charge in [0.25, 0.3) is 5.91 Å². The van der Waals surface area contributed by atoms with Gasteiger partial charge in [0.2, 0.25) is 0 Å². The predicted octanol–water partition coefficient (Wildman–Crippen LogP) is 2.68. The Balaban J connectivity index is 1.41. The van der Waals surface area contributed by atoms with Crippen LogP contribution in [0.2, 0.25) is 0 Å². The molecule has 28 heavy (non-hydrogen) atoms. The van der Waals surface area contributed by atoms with Crippen LogP contribution >= 0.6 is 0 Å². The van der Waals surface area contributed by atoms with Crippen LogP contribution in [0, 0.1) is 13.8 Å². The first kappa shape index (κ1) is 18.8. The summed E-state index contributed by atoms with van der Waals surface area (Å²) >= 11 is 0. The number of likely N-dealkylation sites (tertiary alicyclic amines) is 1. The highest BCUT2D eigenvalue weighted by atomic mass is 16.7. The number of carbonyl (C=O) groups is 1. The average Bonchev–Trinajstić information content (AvgIpc) is 3.15. The van der Waals surface area contributed by atoms with Crippen molar-refractivity contribution in [2.45, 2.75) is 39.0 Å². The van der Waals surface area contributed by atoms with Crippen molar-refractivity contribution in [1.82, 2.24) is 14.9 Å². The number of nitrogens with one attached hydrogen (secondary N) is 1. The molecular weight excluding hydrogens is 356 g/mol. The number of aryl methyl sites for hydroxylation is 2. The topological polar surface area (TPSA) is 76.6 Å². The number of aromatic nitrogens is 2. The Morgan fingerprint density at radius 2 is 1.79 bits per heavy atom. The molecule has 2 aliphatic heterocycles. The van der Waals surface area contributed by atoms with Crippen molar-refractivity contribution < 1.29 is 14.3 Å². The second-order valence-electron chi connectivity index (χ2n) is 7.42. The van der Waals surface area contributed by atoms with Crippen molar-refractivity contribution in [3.63, 3.8) is 0 Å². The summed E-state index contributed by atoms with van der Waals surface area (Å²) in [5, 5.41) is 3.30. The molecular formula is C21H26N4O3. The second kappa shape index (κ2) is 7.85. The molecule has 0 bridgehead atoms. The van der Waals surface area contributed by atoms with Crippen molar-refractivity contribution in [2.24, 2.45) is 0 Å². The van der Waals surface area contributed by atoms with Gasteiger partial charge in [-0.15, -0.1) is 0 Å². The van der Waals surface area contributed by atoms with E-state index in [4.69, 9.17) is 9.47 Å². The second-order valence-corrected chi connectivity index (χ2v) is 7.42. The third-order valence-electron chi connectivity index (χ3n) is 5.28. The van der Waals surface area contributed by atoms with Gasteiger partial charge in [-0.2, -0.15) is 0 Å². The van der Waals surface area contributed by atoms with E-state index in [2.05, 4.69) is 46.5 Å². The third-order valence-corrected chi connectivity index (χ3v) is 5.28. The summed E-state index contributed by atoms with van der Waals surface area (Å²) < 4.78 is 11.5. The van der Waals surface area contributed by atoms with Crippen LogP contribution in [0.3, 0.4) is 0 Å². The van der Waals surface area contributed by atoms with Crippen molar-refractivity contribution in [3.8, 4) is 0 Å². The van der Waals surface area contributed by atoms with E-state index in [-0.39, 0.29) is 5.91 Å². The molecule has 1 N–H and O–H groups in total. The SMILES string of the molecule is Cc1ccc(CNc2cc(C(=O)N3CCC4(CC3)OCCO4)nc(C)n2)cc1. The molecule has 2 fully saturated rings. The molecule has 2 aliphatic rings. The van der Waals surface area contributed by atoms with E-state index in [0.717, 1.165) is 5.56 Å². The fourth-order valence-corrected chi connectivity index (χ4v) is 3.66. The molecule has 148 valence electrons. The van der Waals surface area contributed by atoms with Gasteiger partial charge in [-0.3, -0.25) is 4.79 Å². The van der Waals surface area contributed by atoms with E-state index in [0.29, 0.717) is 63.0 Å². The zero-order chi connectivity index (χ0) is 19.6. The average molecular weight is 382 g/mol. The van der Waals surface area contributed by atoms with Crippen molar-refractivity contribution in [1.29, 1.82) is 0 Å². The minimum atomic E-state index is -0.487. The lowest BCUT2D eigenvalue weighted by Gasteiger charge is -2.37. The fraction of sp³-hybridized carbons (Fsp3) is 0.476. The number of piperidine rings is 1. The molecule has 7 nitrogen and oxygen atoms in total. The summed E-state index contributed by atoms with van der Waals surface area (Å²) in [7, 11) is 0. The molecule has 1 amide bonds. The van der Waals surface area contributed by atoms with Crippen LogP contribution < -0.4 is 5.32 Å². The number of carbonyl (C=O) groups excluding carboxylic acids is 1. The van der Waals surface area contributed by atoms with E-state index >= 15 is 0 Å². The number of benzene rings is 1. The molecule has 3 heterocycles. The Hall–Kier alpha value is -2.51. The molecule has 1 spiro atoms. The predicted molar refractivity (Wildman–Crippen MR) is 105 cm³/mol. The molecule has 0 unspecified atom stereocenters. The number of hydrogen-bond donors (Lipinski definition) is 1. The molecule has 0 radical (unpaired) electrons. The molecule has 2 saturated heterocycles. The van der Waals surface area contributed by atoms with E-state index in [1.165, 1.54) is 5.56 Å². The number of amides is 1. The maximum atomic E-state index is 12.9. The lowest BCUT2D eigenvalue weighted by atomic mass is 10.0. The highest BCUT2D eigenvalue weighted by Crippen LogP contribution is 2.31. The van der Waals surface area contributed by atoms with E-state index < -0.39 is 5.79 Å². The minimum Gasteiger partial charge on any atom is -0.366 e. The lowest BCUT2D eigenvalue weighted by molar-refractivity contribution is -0.181. The number of rotatable bonds is 4. The summed E-state index contributed by atoms with van der Waals surface area (Å²) in [6.45, 7) is 6.99. The monoisotopic (exact) mass is 382 g/mol. The van der Waals surface area contributed by atoms with Gasteiger partial charge in [-0.25, -0.2) is 9.97 Å². The molecule has 0 aliphatic carbocycles. The van der Waals surface area contributed by atoms with Crippen molar-refractivity contribution in [2.75, 3.05) is 31.6 Å². The van der Waals surface area contributed by atoms with Crippen LogP contribution in [0.4, 0.5) is 5.82 Å². The van der Waals surface area contributed by atoms with Gasteiger partial charge >= 0.3 is 0 Å². The smallest absolute Gasteiger partial charge is 0.272 e. The van der Waals surface area contributed by atoms with Crippen LogP contribution in [0.25, 0.3) is 0 Å². The Morgan fingerprint density at radius 3 is 2.46 bits per heavy atom. The maximum Gasteiger partial charge on any atom is 0.272 e. The van der Waals surface area contributed by atoms with Gasteiger partial charge in [-0.1, -0.05) is 29.8 Å². The summed E-state index contributed by atoms with van der Waals surface area (Å²) in [5.41, 5.74) is 2.81.